The highest BCUT2D eigenvalue weighted by Crippen LogP contribution is 2.00. The van der Waals surface area contributed by atoms with Gasteiger partial charge < -0.3 is 10.1 Å². The molecule has 0 amide bonds. The Bertz CT molecular complexity index is 302. The predicted octanol–water partition coefficient (Wildman–Crippen LogP) is -1.20. The number of ether oxygens (including phenoxy) is 1. The lowest BCUT2D eigenvalue weighted by molar-refractivity contribution is 0.184. The molecular formula is C10H23N3O3S. The van der Waals surface area contributed by atoms with Crippen LogP contribution >= 0.6 is 0 Å². The Balaban J connectivity index is 2.32. The summed E-state index contributed by atoms with van der Waals surface area (Å²) in [7, 11) is 0.0333. The lowest BCUT2D eigenvalue weighted by atomic mass is 10.4. The van der Waals surface area contributed by atoms with Crippen molar-refractivity contribution >= 4 is 10.0 Å². The molecule has 1 saturated heterocycles. The van der Waals surface area contributed by atoms with Gasteiger partial charge in [-0.2, -0.15) is 0 Å². The minimum Gasteiger partial charge on any atom is -0.383 e. The second-order valence-electron chi connectivity index (χ2n) is 4.22. The van der Waals surface area contributed by atoms with Crippen LogP contribution in [0.4, 0.5) is 0 Å². The summed E-state index contributed by atoms with van der Waals surface area (Å²) in [6.45, 7) is 5.21. The van der Waals surface area contributed by atoms with Gasteiger partial charge in [0.2, 0.25) is 10.0 Å². The van der Waals surface area contributed by atoms with Crippen molar-refractivity contribution in [2.75, 3.05) is 65.8 Å². The van der Waals surface area contributed by atoms with E-state index in [0.29, 0.717) is 19.7 Å². The van der Waals surface area contributed by atoms with Crippen LogP contribution in [0.5, 0.6) is 0 Å². The van der Waals surface area contributed by atoms with E-state index >= 15 is 0 Å². The Labute approximate surface area is 104 Å². The third kappa shape index (κ3) is 5.31. The molecule has 0 aliphatic carbocycles. The fourth-order valence-electron chi connectivity index (χ4n) is 1.69. The van der Waals surface area contributed by atoms with Gasteiger partial charge in [0, 0.05) is 53.4 Å². The molecule has 0 atom stereocenters. The smallest absolute Gasteiger partial charge is 0.215 e. The number of nitrogens with zero attached hydrogens (tertiary/aromatic N) is 2. The van der Waals surface area contributed by atoms with E-state index in [1.165, 1.54) is 4.31 Å². The van der Waals surface area contributed by atoms with Crippen molar-refractivity contribution in [3.05, 3.63) is 0 Å². The maximum absolute atomic E-state index is 11.9. The van der Waals surface area contributed by atoms with Crippen molar-refractivity contribution < 1.29 is 13.2 Å². The normalized spacial score (nSPS) is 18.8. The summed E-state index contributed by atoms with van der Waals surface area (Å²) >= 11 is 0. The molecule has 0 spiro atoms. The molecule has 1 heterocycles. The van der Waals surface area contributed by atoms with Crippen molar-refractivity contribution in [3.63, 3.8) is 0 Å². The van der Waals surface area contributed by atoms with Gasteiger partial charge in [0.1, 0.15) is 0 Å². The Morgan fingerprint density at radius 1 is 1.35 bits per heavy atom. The molecule has 0 aromatic heterocycles. The summed E-state index contributed by atoms with van der Waals surface area (Å²) < 4.78 is 30.1. The fraction of sp³-hybridized carbons (Fsp3) is 1.00. The molecule has 7 heteroatoms. The van der Waals surface area contributed by atoms with Crippen LogP contribution in [-0.4, -0.2) is 83.4 Å². The molecule has 0 bridgehead atoms. The highest BCUT2D eigenvalue weighted by atomic mass is 32.2. The molecule has 102 valence electrons. The molecule has 0 aromatic carbocycles. The first-order valence-electron chi connectivity index (χ1n) is 5.92. The standard InChI is InChI=1S/C10H23N3O3S/c1-12(7-9-16-2)17(14,15)10-8-13-5-3-11-4-6-13/h11H,3-10H2,1-2H3. The van der Waals surface area contributed by atoms with Gasteiger partial charge in [-0.3, -0.25) is 4.90 Å². The second kappa shape index (κ2) is 7.27. The van der Waals surface area contributed by atoms with Gasteiger partial charge in [-0.1, -0.05) is 0 Å². The maximum Gasteiger partial charge on any atom is 0.215 e. The third-order valence-corrected chi connectivity index (χ3v) is 4.79. The Kier molecular flexibility index (Phi) is 6.35. The molecular weight excluding hydrogens is 242 g/mol. The zero-order valence-corrected chi connectivity index (χ0v) is 11.5. The van der Waals surface area contributed by atoms with Crippen molar-refractivity contribution in [2.45, 2.75) is 0 Å². The van der Waals surface area contributed by atoms with E-state index < -0.39 is 10.0 Å². The molecule has 0 saturated carbocycles. The molecule has 0 radical (unpaired) electrons. The molecule has 1 rings (SSSR count). The van der Waals surface area contributed by atoms with Crippen LogP contribution in [0.2, 0.25) is 0 Å². The Morgan fingerprint density at radius 2 is 2.00 bits per heavy atom. The highest BCUT2D eigenvalue weighted by molar-refractivity contribution is 7.89. The van der Waals surface area contributed by atoms with E-state index in [0.717, 1.165) is 26.2 Å². The number of likely N-dealkylation sites (N-methyl/N-ethyl adjacent to an activating group) is 1. The topological polar surface area (TPSA) is 61.9 Å². The average Bonchev–Trinajstić information content (AvgIpc) is 2.35. The molecule has 0 unspecified atom stereocenters. The highest BCUT2D eigenvalue weighted by Gasteiger charge is 2.19. The minimum atomic E-state index is -3.14. The monoisotopic (exact) mass is 265 g/mol. The summed E-state index contributed by atoms with van der Waals surface area (Å²) in [6, 6.07) is 0. The zero-order valence-electron chi connectivity index (χ0n) is 10.7. The van der Waals surface area contributed by atoms with E-state index in [1.54, 1.807) is 14.2 Å². The van der Waals surface area contributed by atoms with E-state index in [4.69, 9.17) is 4.74 Å². The second-order valence-corrected chi connectivity index (χ2v) is 6.42. The van der Waals surface area contributed by atoms with Gasteiger partial charge in [0.25, 0.3) is 0 Å². The van der Waals surface area contributed by atoms with Crippen LogP contribution in [0.15, 0.2) is 0 Å². The number of hydrogen-bond donors (Lipinski definition) is 1. The first-order valence-corrected chi connectivity index (χ1v) is 7.53. The number of nitrogens with one attached hydrogen (secondary N) is 1. The van der Waals surface area contributed by atoms with Crippen LogP contribution in [0.25, 0.3) is 0 Å². The van der Waals surface area contributed by atoms with Crippen molar-refractivity contribution in [2.24, 2.45) is 0 Å². The molecule has 1 aliphatic rings. The van der Waals surface area contributed by atoms with Crippen LogP contribution < -0.4 is 5.32 Å². The fourth-order valence-corrected chi connectivity index (χ4v) is 2.85. The van der Waals surface area contributed by atoms with E-state index in [9.17, 15) is 8.42 Å². The lowest BCUT2D eigenvalue weighted by Crippen LogP contribution is -2.46. The van der Waals surface area contributed by atoms with Crippen molar-refractivity contribution in [1.29, 1.82) is 0 Å². The predicted molar refractivity (Wildman–Crippen MR) is 67.6 cm³/mol. The summed E-state index contributed by atoms with van der Waals surface area (Å²) in [4.78, 5) is 2.18. The van der Waals surface area contributed by atoms with Crippen LogP contribution in [0.1, 0.15) is 0 Å². The lowest BCUT2D eigenvalue weighted by Gasteiger charge is -2.27. The average molecular weight is 265 g/mol. The first-order chi connectivity index (χ1) is 8.06. The molecule has 6 nitrogen and oxygen atoms in total. The zero-order chi connectivity index (χ0) is 12.7. The molecule has 1 fully saturated rings. The van der Waals surface area contributed by atoms with Crippen molar-refractivity contribution in [1.82, 2.24) is 14.5 Å². The number of rotatable bonds is 7. The quantitative estimate of drug-likeness (QED) is 0.626. The largest absolute Gasteiger partial charge is 0.383 e. The molecule has 1 N–H and O–H groups in total. The number of piperazine rings is 1. The van der Waals surface area contributed by atoms with Gasteiger partial charge in [-0.15, -0.1) is 0 Å². The van der Waals surface area contributed by atoms with E-state index in [-0.39, 0.29) is 5.75 Å². The summed E-state index contributed by atoms with van der Waals surface area (Å²) in [5.74, 6) is 0.188. The van der Waals surface area contributed by atoms with Crippen LogP contribution in [0.3, 0.4) is 0 Å². The SMILES string of the molecule is COCCN(C)S(=O)(=O)CCN1CCNCC1. The molecule has 17 heavy (non-hydrogen) atoms. The summed E-state index contributed by atoms with van der Waals surface area (Å²) in [6.07, 6.45) is 0. The van der Waals surface area contributed by atoms with E-state index in [1.807, 2.05) is 0 Å². The Morgan fingerprint density at radius 3 is 2.59 bits per heavy atom. The van der Waals surface area contributed by atoms with Gasteiger partial charge >= 0.3 is 0 Å². The molecule has 1 aliphatic heterocycles. The van der Waals surface area contributed by atoms with Crippen molar-refractivity contribution in [3.8, 4) is 0 Å². The number of methoxy groups -OCH3 is 1. The minimum absolute atomic E-state index is 0.188. The third-order valence-electron chi connectivity index (χ3n) is 2.96. The van der Waals surface area contributed by atoms with Crippen LogP contribution in [0, 0.1) is 0 Å². The summed E-state index contributed by atoms with van der Waals surface area (Å²) in [5.41, 5.74) is 0. The first kappa shape index (κ1) is 14.8. The molecule has 0 aromatic rings. The van der Waals surface area contributed by atoms with Gasteiger partial charge in [-0.25, -0.2) is 12.7 Å². The van der Waals surface area contributed by atoms with Gasteiger partial charge in [-0.05, 0) is 0 Å². The van der Waals surface area contributed by atoms with Crippen LogP contribution in [-0.2, 0) is 14.8 Å². The van der Waals surface area contributed by atoms with Gasteiger partial charge in [0.15, 0.2) is 0 Å². The maximum atomic E-state index is 11.9. The Hall–Kier alpha value is -0.210. The number of sulfonamides is 1. The number of hydrogen-bond acceptors (Lipinski definition) is 5. The van der Waals surface area contributed by atoms with E-state index in [2.05, 4.69) is 10.2 Å². The summed E-state index contributed by atoms with van der Waals surface area (Å²) in [5, 5.41) is 3.24. The van der Waals surface area contributed by atoms with Gasteiger partial charge in [0.05, 0.1) is 12.4 Å².